The Morgan fingerprint density at radius 1 is 1.21 bits per heavy atom. The first-order chi connectivity index (χ1) is 9.36. The zero-order valence-electron chi connectivity index (χ0n) is 10.4. The third-order valence-corrected chi connectivity index (χ3v) is 3.56. The molecule has 0 spiro atoms. The van der Waals surface area contributed by atoms with Crippen LogP contribution in [0.3, 0.4) is 0 Å². The van der Waals surface area contributed by atoms with Crippen LogP contribution in [0.1, 0.15) is 10.4 Å². The SMILES string of the molecule is COc1ccc(Cc2snnc2-c2ccco2)cc1. The number of benzene rings is 1. The van der Waals surface area contributed by atoms with E-state index in [2.05, 4.69) is 9.59 Å². The molecule has 0 aliphatic carbocycles. The zero-order valence-corrected chi connectivity index (χ0v) is 11.2. The van der Waals surface area contributed by atoms with Crippen LogP contribution in [0.5, 0.6) is 5.75 Å². The van der Waals surface area contributed by atoms with E-state index in [0.29, 0.717) is 0 Å². The minimum Gasteiger partial charge on any atom is -0.497 e. The molecule has 0 fully saturated rings. The first-order valence-corrected chi connectivity index (χ1v) is 6.62. The second-order valence-corrected chi connectivity index (χ2v) is 4.89. The molecule has 2 heterocycles. The second-order valence-electron chi connectivity index (χ2n) is 4.05. The van der Waals surface area contributed by atoms with Crippen molar-refractivity contribution < 1.29 is 9.15 Å². The third-order valence-electron chi connectivity index (χ3n) is 2.83. The molecule has 19 heavy (non-hydrogen) atoms. The molecule has 0 unspecified atom stereocenters. The van der Waals surface area contributed by atoms with E-state index in [1.54, 1.807) is 13.4 Å². The summed E-state index contributed by atoms with van der Waals surface area (Å²) in [5.74, 6) is 1.62. The van der Waals surface area contributed by atoms with E-state index < -0.39 is 0 Å². The average molecular weight is 272 g/mol. The van der Waals surface area contributed by atoms with Crippen molar-refractivity contribution >= 4 is 11.5 Å². The maximum Gasteiger partial charge on any atom is 0.155 e. The lowest BCUT2D eigenvalue weighted by Crippen LogP contribution is -1.89. The number of nitrogens with zero attached hydrogens (tertiary/aromatic N) is 2. The molecule has 0 aliphatic rings. The highest BCUT2D eigenvalue weighted by Crippen LogP contribution is 2.26. The van der Waals surface area contributed by atoms with Gasteiger partial charge in [-0.05, 0) is 41.4 Å². The lowest BCUT2D eigenvalue weighted by atomic mass is 10.1. The van der Waals surface area contributed by atoms with Crippen LogP contribution in [-0.2, 0) is 6.42 Å². The van der Waals surface area contributed by atoms with Gasteiger partial charge in [0.25, 0.3) is 0 Å². The van der Waals surface area contributed by atoms with Crippen molar-refractivity contribution in [3.63, 3.8) is 0 Å². The number of hydrogen-bond donors (Lipinski definition) is 0. The van der Waals surface area contributed by atoms with E-state index in [9.17, 15) is 0 Å². The molecule has 4 nitrogen and oxygen atoms in total. The molecule has 96 valence electrons. The Labute approximate surface area is 114 Å². The summed E-state index contributed by atoms with van der Waals surface area (Å²) < 4.78 is 14.5. The van der Waals surface area contributed by atoms with E-state index in [1.165, 1.54) is 17.1 Å². The largest absolute Gasteiger partial charge is 0.497 e. The normalized spacial score (nSPS) is 10.6. The lowest BCUT2D eigenvalue weighted by Gasteiger charge is -2.02. The molecule has 0 atom stereocenters. The quantitative estimate of drug-likeness (QED) is 0.730. The van der Waals surface area contributed by atoms with E-state index in [1.807, 2.05) is 36.4 Å². The van der Waals surface area contributed by atoms with Crippen LogP contribution in [0, 0.1) is 0 Å². The average Bonchev–Trinajstić information content (AvgIpc) is 3.10. The van der Waals surface area contributed by atoms with Crippen LogP contribution in [-0.4, -0.2) is 16.7 Å². The summed E-state index contributed by atoms with van der Waals surface area (Å²) >= 11 is 1.40. The van der Waals surface area contributed by atoms with Crippen molar-refractivity contribution in [3.05, 3.63) is 53.1 Å². The minimum atomic E-state index is 0.761. The molecule has 0 saturated carbocycles. The molecular formula is C14H12N2O2S. The van der Waals surface area contributed by atoms with Gasteiger partial charge < -0.3 is 9.15 Å². The van der Waals surface area contributed by atoms with Crippen molar-refractivity contribution in [1.29, 1.82) is 0 Å². The predicted octanol–water partition coefficient (Wildman–Crippen LogP) is 3.40. The Morgan fingerprint density at radius 2 is 2.05 bits per heavy atom. The highest BCUT2D eigenvalue weighted by atomic mass is 32.1. The molecule has 0 amide bonds. The second kappa shape index (κ2) is 5.24. The highest BCUT2D eigenvalue weighted by molar-refractivity contribution is 7.06. The van der Waals surface area contributed by atoms with Gasteiger partial charge in [-0.2, -0.15) is 0 Å². The molecule has 2 aromatic heterocycles. The van der Waals surface area contributed by atoms with Gasteiger partial charge in [-0.15, -0.1) is 5.10 Å². The van der Waals surface area contributed by atoms with E-state index in [4.69, 9.17) is 9.15 Å². The number of ether oxygens (including phenoxy) is 1. The first kappa shape index (κ1) is 11.9. The number of aromatic nitrogens is 2. The van der Waals surface area contributed by atoms with Crippen LogP contribution in [0.25, 0.3) is 11.5 Å². The van der Waals surface area contributed by atoms with Gasteiger partial charge in [0.1, 0.15) is 11.4 Å². The smallest absolute Gasteiger partial charge is 0.155 e. The van der Waals surface area contributed by atoms with Gasteiger partial charge in [0.05, 0.1) is 18.3 Å². The fourth-order valence-corrected chi connectivity index (χ4v) is 2.53. The maximum atomic E-state index is 5.38. The summed E-state index contributed by atoms with van der Waals surface area (Å²) in [4.78, 5) is 1.10. The fourth-order valence-electron chi connectivity index (χ4n) is 1.85. The topological polar surface area (TPSA) is 48.2 Å². The number of hydrogen-bond acceptors (Lipinski definition) is 5. The molecule has 5 heteroatoms. The number of furan rings is 1. The molecule has 0 saturated heterocycles. The monoisotopic (exact) mass is 272 g/mol. The third kappa shape index (κ3) is 2.51. The van der Waals surface area contributed by atoms with Crippen LogP contribution < -0.4 is 4.74 Å². The zero-order chi connectivity index (χ0) is 13.1. The van der Waals surface area contributed by atoms with Crippen LogP contribution >= 0.6 is 11.5 Å². The Bertz CT molecular complexity index is 644. The molecule has 0 radical (unpaired) electrons. The van der Waals surface area contributed by atoms with E-state index in [-0.39, 0.29) is 0 Å². The molecule has 0 bridgehead atoms. The molecule has 0 N–H and O–H groups in total. The first-order valence-electron chi connectivity index (χ1n) is 5.85. The summed E-state index contributed by atoms with van der Waals surface area (Å²) in [6.07, 6.45) is 2.43. The molecule has 3 rings (SSSR count). The Kier molecular flexibility index (Phi) is 3.29. The number of methoxy groups -OCH3 is 1. The predicted molar refractivity (Wildman–Crippen MR) is 73.4 cm³/mol. The molecular weight excluding hydrogens is 260 g/mol. The highest BCUT2D eigenvalue weighted by Gasteiger charge is 2.13. The van der Waals surface area contributed by atoms with Gasteiger partial charge in [-0.25, -0.2) is 0 Å². The van der Waals surface area contributed by atoms with Crippen LogP contribution in [0.15, 0.2) is 47.1 Å². The van der Waals surface area contributed by atoms with Gasteiger partial charge in [-0.1, -0.05) is 16.6 Å². The van der Waals surface area contributed by atoms with Crippen LogP contribution in [0.2, 0.25) is 0 Å². The van der Waals surface area contributed by atoms with E-state index >= 15 is 0 Å². The fraction of sp³-hybridized carbons (Fsp3) is 0.143. The van der Waals surface area contributed by atoms with Gasteiger partial charge >= 0.3 is 0 Å². The van der Waals surface area contributed by atoms with Gasteiger partial charge in [0.15, 0.2) is 5.76 Å². The summed E-state index contributed by atoms with van der Waals surface area (Å²) in [6, 6.07) is 11.8. The molecule has 3 aromatic rings. The van der Waals surface area contributed by atoms with Crippen molar-refractivity contribution in [2.24, 2.45) is 0 Å². The molecule has 0 aliphatic heterocycles. The van der Waals surface area contributed by atoms with Crippen molar-refractivity contribution in [3.8, 4) is 17.2 Å². The maximum absolute atomic E-state index is 5.38. The van der Waals surface area contributed by atoms with Gasteiger partial charge in [-0.3, -0.25) is 0 Å². The summed E-state index contributed by atoms with van der Waals surface area (Å²) in [5.41, 5.74) is 2.02. The summed E-state index contributed by atoms with van der Waals surface area (Å²) in [6.45, 7) is 0. The summed E-state index contributed by atoms with van der Waals surface area (Å²) in [5, 5.41) is 4.14. The number of rotatable bonds is 4. The van der Waals surface area contributed by atoms with Crippen molar-refractivity contribution in [2.75, 3.05) is 7.11 Å². The molecule has 1 aromatic carbocycles. The lowest BCUT2D eigenvalue weighted by molar-refractivity contribution is 0.414. The van der Waals surface area contributed by atoms with Crippen molar-refractivity contribution in [2.45, 2.75) is 6.42 Å². The Hall–Kier alpha value is -2.14. The van der Waals surface area contributed by atoms with Gasteiger partial charge in [0.2, 0.25) is 0 Å². The van der Waals surface area contributed by atoms with Crippen LogP contribution in [0.4, 0.5) is 0 Å². The van der Waals surface area contributed by atoms with Gasteiger partial charge in [0, 0.05) is 6.42 Å². The summed E-state index contributed by atoms with van der Waals surface area (Å²) in [7, 11) is 1.66. The standard InChI is InChI=1S/C14H12N2O2S/c1-17-11-6-4-10(5-7-11)9-13-14(15-16-19-13)12-3-2-8-18-12/h2-8H,9H2,1H3. The Balaban J connectivity index is 1.85. The Morgan fingerprint density at radius 3 is 2.74 bits per heavy atom. The van der Waals surface area contributed by atoms with E-state index in [0.717, 1.165) is 28.5 Å². The minimum absolute atomic E-state index is 0.761. The van der Waals surface area contributed by atoms with Crippen molar-refractivity contribution in [1.82, 2.24) is 9.59 Å².